The minimum Gasteiger partial charge on any atom is -0.381 e. The number of benzene rings is 2. The minimum absolute atomic E-state index is 0.0283. The van der Waals surface area contributed by atoms with E-state index in [0.717, 1.165) is 24.0 Å². The van der Waals surface area contributed by atoms with Crippen LogP contribution in [0.3, 0.4) is 0 Å². The van der Waals surface area contributed by atoms with Crippen LogP contribution in [0.15, 0.2) is 48.5 Å². The topological polar surface area (TPSA) is 151 Å². The van der Waals surface area contributed by atoms with E-state index in [0.29, 0.717) is 43.2 Å². The normalized spacial score (nSPS) is 18.2. The second kappa shape index (κ2) is 15.8. The Labute approximate surface area is 264 Å². The van der Waals surface area contributed by atoms with Crippen molar-refractivity contribution in [2.24, 2.45) is 5.73 Å². The number of nitrogens with two attached hydrogens (primary N) is 1. The van der Waals surface area contributed by atoms with E-state index in [1.54, 1.807) is 54.4 Å². The lowest BCUT2D eigenvalue weighted by Crippen LogP contribution is -2.53. The third kappa shape index (κ3) is 9.24. The van der Waals surface area contributed by atoms with Gasteiger partial charge in [0.15, 0.2) is 0 Å². The van der Waals surface area contributed by atoms with Gasteiger partial charge in [0.1, 0.15) is 12.1 Å². The van der Waals surface area contributed by atoms with Crippen molar-refractivity contribution in [3.63, 3.8) is 0 Å². The van der Waals surface area contributed by atoms with Crippen molar-refractivity contribution in [2.75, 3.05) is 26.8 Å². The molecule has 44 heavy (non-hydrogen) atoms. The second-order valence-electron chi connectivity index (χ2n) is 11.3. The van der Waals surface area contributed by atoms with Gasteiger partial charge in [0.25, 0.3) is 0 Å². The Hall–Kier alpha value is -3.03. The van der Waals surface area contributed by atoms with Gasteiger partial charge in [-0.1, -0.05) is 48.0 Å². The highest BCUT2D eigenvalue weighted by atomic mass is 35.5. The van der Waals surface area contributed by atoms with Gasteiger partial charge in [0.2, 0.25) is 27.7 Å². The quantitative estimate of drug-likeness (QED) is 0.302. The molecule has 2 saturated heterocycles. The Bertz CT molecular complexity index is 1400. The maximum absolute atomic E-state index is 13.9. The van der Waals surface area contributed by atoms with Gasteiger partial charge in [-0.05, 0) is 60.9 Å². The lowest BCUT2D eigenvalue weighted by Gasteiger charge is -2.32. The Morgan fingerprint density at radius 3 is 2.52 bits per heavy atom. The van der Waals surface area contributed by atoms with Gasteiger partial charge in [0, 0.05) is 57.4 Å². The van der Waals surface area contributed by atoms with E-state index in [2.05, 4.69) is 10.0 Å². The van der Waals surface area contributed by atoms with Gasteiger partial charge < -0.3 is 25.6 Å². The van der Waals surface area contributed by atoms with E-state index < -0.39 is 28.0 Å². The van der Waals surface area contributed by atoms with E-state index in [-0.39, 0.29) is 49.5 Å². The molecule has 2 aliphatic rings. The summed E-state index contributed by atoms with van der Waals surface area (Å²) in [5.74, 6) is -1.36. The zero-order valence-corrected chi connectivity index (χ0v) is 26.6. The lowest BCUT2D eigenvalue weighted by atomic mass is 10.1. The molecule has 2 atom stereocenters. The molecule has 0 aliphatic carbocycles. The molecule has 0 bridgehead atoms. The van der Waals surface area contributed by atoms with Crippen molar-refractivity contribution in [2.45, 2.75) is 75.5 Å². The maximum Gasteiger partial charge on any atom is 0.243 e. The largest absolute Gasteiger partial charge is 0.381 e. The monoisotopic (exact) mass is 647 g/mol. The molecule has 240 valence electrons. The van der Waals surface area contributed by atoms with Crippen molar-refractivity contribution in [3.8, 4) is 0 Å². The van der Waals surface area contributed by atoms with Gasteiger partial charge >= 0.3 is 0 Å². The molecule has 0 radical (unpaired) electrons. The molecule has 11 nitrogen and oxygen atoms in total. The number of hydrogen-bond acceptors (Lipinski definition) is 7. The molecule has 3 amide bonds. The smallest absolute Gasteiger partial charge is 0.243 e. The van der Waals surface area contributed by atoms with E-state index in [1.165, 1.54) is 4.90 Å². The third-order valence-electron chi connectivity index (χ3n) is 8.28. The molecule has 2 fully saturated rings. The number of carbonyl (C=O) groups excluding carboxylic acids is 3. The Morgan fingerprint density at radius 1 is 1.09 bits per heavy atom. The third-order valence-corrected chi connectivity index (χ3v) is 9.87. The number of rotatable bonds is 13. The van der Waals surface area contributed by atoms with Crippen LogP contribution in [0.25, 0.3) is 0 Å². The molecule has 0 saturated carbocycles. The van der Waals surface area contributed by atoms with Gasteiger partial charge in [-0.15, -0.1) is 0 Å². The van der Waals surface area contributed by atoms with Crippen molar-refractivity contribution in [3.05, 3.63) is 70.2 Å². The summed E-state index contributed by atoms with van der Waals surface area (Å²) in [5, 5.41) is 3.41. The first-order chi connectivity index (χ1) is 21.1. The van der Waals surface area contributed by atoms with Crippen LogP contribution < -0.4 is 15.8 Å². The Morgan fingerprint density at radius 2 is 1.82 bits per heavy atom. The van der Waals surface area contributed by atoms with Gasteiger partial charge in [-0.3, -0.25) is 14.4 Å². The standard InChI is InChI=1S/C31H42ClN5O6S/c1-36(26-13-16-43-17-14-26)29(38)12-11-27(35-44(41,42)21-22-6-3-2-4-7-22)31(40)37-15-5-8-28(37)30(39)34-20-24-18-25(32)10-9-23(24)19-33/h2-4,6-7,9-10,18,26-28,35H,5,8,11-17,19-21,33H2,1H3,(H,34,39). The van der Waals surface area contributed by atoms with E-state index in [1.807, 2.05) is 6.07 Å². The number of nitrogens with zero attached hydrogens (tertiary/aromatic N) is 2. The summed E-state index contributed by atoms with van der Waals surface area (Å²) in [5.41, 5.74) is 8.03. The van der Waals surface area contributed by atoms with Crippen molar-refractivity contribution < 1.29 is 27.5 Å². The van der Waals surface area contributed by atoms with Crippen LogP contribution in [-0.4, -0.2) is 80.9 Å². The highest BCUT2D eigenvalue weighted by Gasteiger charge is 2.38. The molecular weight excluding hydrogens is 606 g/mol. The van der Waals surface area contributed by atoms with E-state index in [4.69, 9.17) is 22.1 Å². The van der Waals surface area contributed by atoms with Crippen LogP contribution in [0, 0.1) is 0 Å². The van der Waals surface area contributed by atoms with Crippen LogP contribution in [-0.2, 0) is 48.0 Å². The molecule has 13 heteroatoms. The van der Waals surface area contributed by atoms with Crippen LogP contribution in [0.4, 0.5) is 0 Å². The summed E-state index contributed by atoms with van der Waals surface area (Å²) < 4.78 is 34.4. The fourth-order valence-electron chi connectivity index (χ4n) is 5.77. The highest BCUT2D eigenvalue weighted by molar-refractivity contribution is 7.88. The molecule has 4 rings (SSSR count). The zero-order valence-electron chi connectivity index (χ0n) is 25.0. The van der Waals surface area contributed by atoms with Gasteiger partial charge in [-0.25, -0.2) is 13.1 Å². The molecular formula is C31H42ClN5O6S. The van der Waals surface area contributed by atoms with E-state index >= 15 is 0 Å². The van der Waals surface area contributed by atoms with Crippen molar-refractivity contribution >= 4 is 39.3 Å². The second-order valence-corrected chi connectivity index (χ2v) is 13.5. The summed E-state index contributed by atoms with van der Waals surface area (Å²) in [7, 11) is -2.23. The molecule has 0 aromatic heterocycles. The first-order valence-electron chi connectivity index (χ1n) is 15.0. The molecule has 2 heterocycles. The fourth-order valence-corrected chi connectivity index (χ4v) is 7.33. The molecule has 4 N–H and O–H groups in total. The summed E-state index contributed by atoms with van der Waals surface area (Å²) in [6, 6.07) is 12.0. The first kappa shape index (κ1) is 33.9. The van der Waals surface area contributed by atoms with Crippen LogP contribution >= 0.6 is 11.6 Å². The van der Waals surface area contributed by atoms with Gasteiger partial charge in [-0.2, -0.15) is 0 Å². The van der Waals surface area contributed by atoms with Crippen LogP contribution in [0.5, 0.6) is 0 Å². The summed E-state index contributed by atoms with van der Waals surface area (Å²) in [4.78, 5) is 43.5. The molecule has 0 spiro atoms. The maximum atomic E-state index is 13.9. The van der Waals surface area contributed by atoms with Crippen molar-refractivity contribution in [1.82, 2.24) is 19.8 Å². The summed E-state index contributed by atoms with van der Waals surface area (Å²) in [6.07, 6.45) is 2.41. The average molecular weight is 648 g/mol. The minimum atomic E-state index is -3.96. The summed E-state index contributed by atoms with van der Waals surface area (Å²) >= 11 is 6.14. The average Bonchev–Trinajstić information content (AvgIpc) is 3.52. The molecule has 2 aliphatic heterocycles. The van der Waals surface area contributed by atoms with Gasteiger partial charge in [0.05, 0.1) is 5.75 Å². The number of nitrogens with one attached hydrogen (secondary N) is 2. The highest BCUT2D eigenvalue weighted by Crippen LogP contribution is 2.22. The molecule has 2 unspecified atom stereocenters. The fraction of sp³-hybridized carbons (Fsp3) is 0.516. The van der Waals surface area contributed by atoms with E-state index in [9.17, 15) is 22.8 Å². The van der Waals surface area contributed by atoms with Crippen molar-refractivity contribution in [1.29, 1.82) is 0 Å². The predicted molar refractivity (Wildman–Crippen MR) is 168 cm³/mol. The Kier molecular flexibility index (Phi) is 12.2. The number of sulfonamides is 1. The molecule has 2 aromatic rings. The number of amides is 3. The number of carbonyl (C=O) groups is 3. The Balaban J connectivity index is 1.47. The lowest BCUT2D eigenvalue weighted by molar-refractivity contribution is -0.140. The zero-order chi connectivity index (χ0) is 31.7. The van der Waals surface area contributed by atoms with Crippen LogP contribution in [0.2, 0.25) is 5.02 Å². The molecule has 2 aromatic carbocycles. The number of hydrogen-bond donors (Lipinski definition) is 3. The predicted octanol–water partition coefficient (Wildman–Crippen LogP) is 2.31. The number of ether oxygens (including phenoxy) is 1. The number of likely N-dealkylation sites (tertiary alicyclic amines) is 1. The first-order valence-corrected chi connectivity index (χ1v) is 17.0. The SMILES string of the molecule is CN(C(=O)CCC(NS(=O)(=O)Cc1ccccc1)C(=O)N1CCCC1C(=O)NCc1cc(Cl)ccc1CN)C1CCOCC1. The number of halogens is 1. The summed E-state index contributed by atoms with van der Waals surface area (Å²) in [6.45, 7) is 1.92. The van der Waals surface area contributed by atoms with Crippen LogP contribution in [0.1, 0.15) is 55.2 Å².